The Morgan fingerprint density at radius 2 is 1.84 bits per heavy atom. The van der Waals surface area contributed by atoms with Crippen molar-refractivity contribution in [3.05, 3.63) is 58.1 Å². The first-order valence-corrected chi connectivity index (χ1v) is 11.9. The molecule has 2 N–H and O–H groups in total. The summed E-state index contributed by atoms with van der Waals surface area (Å²) in [5.74, 6) is 0.705. The first-order valence-electron chi connectivity index (χ1n) is 11.1. The smallest absolute Gasteiger partial charge is 0.259 e. The molecule has 1 aliphatic carbocycles. The van der Waals surface area contributed by atoms with Gasteiger partial charge in [-0.1, -0.05) is 55.1 Å². The van der Waals surface area contributed by atoms with Crippen molar-refractivity contribution in [2.75, 3.05) is 11.9 Å². The number of hydrogen-bond donors (Lipinski definition) is 2. The molecule has 166 valence electrons. The number of benzene rings is 2. The molecule has 0 spiro atoms. The van der Waals surface area contributed by atoms with Crippen LogP contribution in [0.15, 0.2) is 46.9 Å². The van der Waals surface area contributed by atoms with E-state index in [0.717, 1.165) is 36.6 Å². The quantitative estimate of drug-likeness (QED) is 0.467. The predicted octanol–water partition coefficient (Wildman–Crippen LogP) is 6.19. The SMILES string of the molecule is CC(C)CCOc1ccc(Br)cc1C(=O)Nc1cccc(C(=O)NC2CCCCC2)c1. The van der Waals surface area contributed by atoms with E-state index in [9.17, 15) is 9.59 Å². The van der Waals surface area contributed by atoms with E-state index in [0.29, 0.717) is 35.1 Å². The third kappa shape index (κ3) is 7.10. The average molecular weight is 487 g/mol. The van der Waals surface area contributed by atoms with Gasteiger partial charge in [0.05, 0.1) is 12.2 Å². The van der Waals surface area contributed by atoms with Gasteiger partial charge in [-0.05, 0) is 61.6 Å². The van der Waals surface area contributed by atoms with Crippen molar-refractivity contribution in [2.45, 2.75) is 58.4 Å². The molecule has 5 nitrogen and oxygen atoms in total. The van der Waals surface area contributed by atoms with Gasteiger partial charge in [-0.15, -0.1) is 0 Å². The van der Waals surface area contributed by atoms with Gasteiger partial charge in [-0.25, -0.2) is 0 Å². The minimum Gasteiger partial charge on any atom is -0.493 e. The summed E-state index contributed by atoms with van der Waals surface area (Å²) >= 11 is 3.43. The summed E-state index contributed by atoms with van der Waals surface area (Å²) in [5, 5.41) is 6.02. The molecule has 3 rings (SSSR count). The van der Waals surface area contributed by atoms with E-state index in [1.165, 1.54) is 6.42 Å². The van der Waals surface area contributed by atoms with Crippen molar-refractivity contribution in [3.63, 3.8) is 0 Å². The zero-order valence-electron chi connectivity index (χ0n) is 18.2. The highest BCUT2D eigenvalue weighted by Gasteiger charge is 2.18. The summed E-state index contributed by atoms with van der Waals surface area (Å²) in [6.07, 6.45) is 6.54. The Hall–Kier alpha value is -2.34. The zero-order valence-corrected chi connectivity index (χ0v) is 19.8. The van der Waals surface area contributed by atoms with Crippen LogP contribution < -0.4 is 15.4 Å². The molecule has 1 saturated carbocycles. The summed E-state index contributed by atoms with van der Waals surface area (Å²) in [6, 6.07) is 12.7. The Balaban J connectivity index is 1.68. The number of amides is 2. The van der Waals surface area contributed by atoms with Gasteiger partial charge < -0.3 is 15.4 Å². The van der Waals surface area contributed by atoms with Crippen LogP contribution in [0.4, 0.5) is 5.69 Å². The third-order valence-electron chi connectivity index (χ3n) is 5.46. The number of anilines is 1. The Bertz CT molecular complexity index is 907. The largest absolute Gasteiger partial charge is 0.493 e. The van der Waals surface area contributed by atoms with Crippen molar-refractivity contribution in [3.8, 4) is 5.75 Å². The first-order chi connectivity index (χ1) is 14.9. The monoisotopic (exact) mass is 486 g/mol. The molecule has 1 fully saturated rings. The lowest BCUT2D eigenvalue weighted by Crippen LogP contribution is -2.36. The molecule has 2 aromatic carbocycles. The van der Waals surface area contributed by atoms with Crippen LogP contribution >= 0.6 is 15.9 Å². The molecule has 2 amide bonds. The number of carbonyl (C=O) groups is 2. The van der Waals surface area contributed by atoms with Crippen LogP contribution in [-0.2, 0) is 0 Å². The maximum atomic E-state index is 13.0. The van der Waals surface area contributed by atoms with Gasteiger partial charge in [0.2, 0.25) is 0 Å². The molecule has 0 unspecified atom stereocenters. The Morgan fingerprint density at radius 1 is 1.06 bits per heavy atom. The van der Waals surface area contributed by atoms with E-state index >= 15 is 0 Å². The average Bonchev–Trinajstić information content (AvgIpc) is 2.75. The lowest BCUT2D eigenvalue weighted by atomic mass is 9.95. The van der Waals surface area contributed by atoms with Gasteiger partial charge in [-0.2, -0.15) is 0 Å². The minimum atomic E-state index is -0.273. The van der Waals surface area contributed by atoms with Crippen LogP contribution in [0.3, 0.4) is 0 Å². The molecule has 2 aromatic rings. The van der Waals surface area contributed by atoms with Crippen LogP contribution in [0.2, 0.25) is 0 Å². The van der Waals surface area contributed by atoms with Gasteiger partial charge in [0.25, 0.3) is 11.8 Å². The van der Waals surface area contributed by atoms with E-state index < -0.39 is 0 Å². The molecule has 0 radical (unpaired) electrons. The number of ether oxygens (including phenoxy) is 1. The van der Waals surface area contributed by atoms with Crippen LogP contribution in [0, 0.1) is 5.92 Å². The highest BCUT2D eigenvalue weighted by atomic mass is 79.9. The second-order valence-electron chi connectivity index (χ2n) is 8.51. The summed E-state index contributed by atoms with van der Waals surface area (Å²) in [7, 11) is 0. The van der Waals surface area contributed by atoms with Gasteiger partial charge in [0, 0.05) is 21.8 Å². The zero-order chi connectivity index (χ0) is 22.2. The van der Waals surface area contributed by atoms with Crippen molar-refractivity contribution in [1.29, 1.82) is 0 Å². The number of nitrogens with one attached hydrogen (secondary N) is 2. The van der Waals surface area contributed by atoms with Gasteiger partial charge in [0.15, 0.2) is 0 Å². The molecule has 0 aromatic heterocycles. The second kappa shape index (κ2) is 11.3. The molecule has 0 saturated heterocycles. The summed E-state index contributed by atoms with van der Waals surface area (Å²) in [6.45, 7) is 4.82. The van der Waals surface area contributed by atoms with Crippen molar-refractivity contribution in [2.24, 2.45) is 5.92 Å². The third-order valence-corrected chi connectivity index (χ3v) is 5.96. The van der Waals surface area contributed by atoms with E-state index in [1.807, 2.05) is 6.07 Å². The molecular formula is C25H31BrN2O3. The Labute approximate surface area is 193 Å². The van der Waals surface area contributed by atoms with Gasteiger partial charge >= 0.3 is 0 Å². The van der Waals surface area contributed by atoms with Crippen LogP contribution in [0.5, 0.6) is 5.75 Å². The molecular weight excluding hydrogens is 456 g/mol. The molecule has 6 heteroatoms. The van der Waals surface area contributed by atoms with Gasteiger partial charge in [-0.3, -0.25) is 9.59 Å². The molecule has 31 heavy (non-hydrogen) atoms. The van der Waals surface area contributed by atoms with E-state index in [-0.39, 0.29) is 17.9 Å². The maximum absolute atomic E-state index is 13.0. The number of rotatable bonds is 8. The molecule has 0 aliphatic heterocycles. The van der Waals surface area contributed by atoms with Crippen molar-refractivity contribution < 1.29 is 14.3 Å². The minimum absolute atomic E-state index is 0.0943. The molecule has 0 atom stereocenters. The Morgan fingerprint density at radius 3 is 2.58 bits per heavy atom. The predicted molar refractivity (Wildman–Crippen MR) is 128 cm³/mol. The summed E-state index contributed by atoms with van der Waals surface area (Å²) in [5.41, 5.74) is 1.58. The normalized spacial score (nSPS) is 14.3. The Kier molecular flexibility index (Phi) is 8.52. The second-order valence-corrected chi connectivity index (χ2v) is 9.43. The lowest BCUT2D eigenvalue weighted by molar-refractivity contribution is 0.0926. The van der Waals surface area contributed by atoms with E-state index in [1.54, 1.807) is 36.4 Å². The van der Waals surface area contributed by atoms with Gasteiger partial charge in [0.1, 0.15) is 5.75 Å². The fourth-order valence-corrected chi connectivity index (χ4v) is 4.02. The van der Waals surface area contributed by atoms with E-state index in [4.69, 9.17) is 4.74 Å². The van der Waals surface area contributed by atoms with Crippen LogP contribution in [-0.4, -0.2) is 24.5 Å². The topological polar surface area (TPSA) is 67.4 Å². The fraction of sp³-hybridized carbons (Fsp3) is 0.440. The van der Waals surface area contributed by atoms with Crippen molar-refractivity contribution in [1.82, 2.24) is 5.32 Å². The fourth-order valence-electron chi connectivity index (χ4n) is 3.66. The highest BCUT2D eigenvalue weighted by Crippen LogP contribution is 2.25. The molecule has 0 heterocycles. The van der Waals surface area contributed by atoms with Crippen molar-refractivity contribution >= 4 is 33.4 Å². The number of carbonyl (C=O) groups excluding carboxylic acids is 2. The lowest BCUT2D eigenvalue weighted by Gasteiger charge is -2.22. The molecule has 0 bridgehead atoms. The first kappa shape index (κ1) is 23.3. The highest BCUT2D eigenvalue weighted by molar-refractivity contribution is 9.10. The van der Waals surface area contributed by atoms with Crippen LogP contribution in [0.25, 0.3) is 0 Å². The van der Waals surface area contributed by atoms with E-state index in [2.05, 4.69) is 40.4 Å². The number of halogens is 1. The summed E-state index contributed by atoms with van der Waals surface area (Å²) in [4.78, 5) is 25.6. The van der Waals surface area contributed by atoms with Crippen LogP contribution in [0.1, 0.15) is 73.1 Å². The standard InChI is InChI=1S/C25H31BrN2O3/c1-17(2)13-14-31-23-12-11-19(26)16-22(23)25(30)28-21-10-6-7-18(15-21)24(29)27-20-8-4-3-5-9-20/h6-7,10-12,15-17,20H,3-5,8-9,13-14H2,1-2H3,(H,27,29)(H,28,30). The maximum Gasteiger partial charge on any atom is 0.259 e. The number of hydrogen-bond acceptors (Lipinski definition) is 3. The summed E-state index contributed by atoms with van der Waals surface area (Å²) < 4.78 is 6.66. The molecule has 1 aliphatic rings.